The SMILES string of the molecule is [Cl][Pt].[Cl][Ru]. The minimum absolute atomic E-state index is 1.61. The van der Waals surface area contributed by atoms with Gasteiger partial charge in [0.2, 0.25) is 0 Å². The van der Waals surface area contributed by atoms with E-state index in [0.29, 0.717) is 0 Å². The van der Waals surface area contributed by atoms with Crippen LogP contribution in [0.2, 0.25) is 0 Å². The molecule has 0 aromatic rings. The monoisotopic (exact) mass is 367 g/mol. The molecule has 0 amide bonds. The van der Waals surface area contributed by atoms with Crippen molar-refractivity contribution in [3.63, 3.8) is 0 Å². The van der Waals surface area contributed by atoms with Crippen LogP contribution in [0.15, 0.2) is 0 Å². The summed E-state index contributed by atoms with van der Waals surface area (Å²) in [4.78, 5) is 0. The Morgan fingerprint density at radius 3 is 1.25 bits per heavy atom. The number of halogens is 2. The first-order chi connectivity index (χ1) is 2.00. The van der Waals surface area contributed by atoms with Crippen LogP contribution in [0.4, 0.5) is 0 Å². The quantitative estimate of drug-likeness (QED) is 0.568. The molecule has 0 fully saturated rings. The summed E-state index contributed by atoms with van der Waals surface area (Å²) in [5.74, 6) is 0. The Kier molecular flexibility index (Phi) is 48.2. The third-order valence-electron chi connectivity index (χ3n) is 0. The van der Waals surface area contributed by atoms with E-state index >= 15 is 0 Å². The summed E-state index contributed by atoms with van der Waals surface area (Å²) in [6.07, 6.45) is 0. The van der Waals surface area contributed by atoms with E-state index in [1.165, 1.54) is 0 Å². The number of hydrogen-bond acceptors (Lipinski definition) is 0. The molecule has 32 valence electrons. The van der Waals surface area contributed by atoms with Crippen LogP contribution in [0.5, 0.6) is 0 Å². The zero-order valence-corrected chi connectivity index (χ0v) is 6.95. The molecule has 0 N–H and O–H groups in total. The standard InChI is InChI=1S/2ClH.Pt.Ru/h2*1H;;/q;;2*+1/p-2. The van der Waals surface area contributed by atoms with Crippen LogP contribution < -0.4 is 0 Å². The Labute approximate surface area is 54.8 Å². The maximum absolute atomic E-state index is 4.61. The first kappa shape index (κ1) is 9.31. The van der Waals surface area contributed by atoms with Gasteiger partial charge in [-0.25, -0.2) is 0 Å². The van der Waals surface area contributed by atoms with Crippen LogP contribution in [0.3, 0.4) is 0 Å². The van der Waals surface area contributed by atoms with Crippen molar-refractivity contribution in [2.45, 2.75) is 0 Å². The summed E-state index contributed by atoms with van der Waals surface area (Å²) >= 11 is 3.43. The molecule has 0 unspecified atom stereocenters. The predicted octanol–water partition coefficient (Wildman–Crippen LogP) is 1.37. The number of hydrogen-bond donors (Lipinski definition) is 0. The molecule has 0 nitrogen and oxygen atoms in total. The second-order valence-corrected chi connectivity index (χ2v) is 0. The molecular formula is Cl2PtRu. The molecule has 0 aromatic heterocycles. The van der Waals surface area contributed by atoms with Gasteiger partial charge in [0.25, 0.3) is 0 Å². The van der Waals surface area contributed by atoms with Gasteiger partial charge in [0.05, 0.1) is 0 Å². The fraction of sp³-hybridized carbons (Fsp3) is 0. The van der Waals surface area contributed by atoms with E-state index in [2.05, 4.69) is 19.1 Å². The van der Waals surface area contributed by atoms with Crippen molar-refractivity contribution in [1.82, 2.24) is 0 Å². The van der Waals surface area contributed by atoms with Crippen LogP contribution in [0, 0.1) is 0 Å². The molecule has 0 aliphatic rings. The molecule has 0 aliphatic heterocycles. The second kappa shape index (κ2) is 20.7. The molecule has 0 heterocycles. The molecule has 0 aromatic carbocycles. The normalized spacial score (nSPS) is 3.25. The molecule has 0 spiro atoms. The van der Waals surface area contributed by atoms with Gasteiger partial charge in [-0.1, -0.05) is 0 Å². The zero-order chi connectivity index (χ0) is 4.00. The molecule has 4 heteroatoms. The van der Waals surface area contributed by atoms with Crippen molar-refractivity contribution in [1.29, 1.82) is 0 Å². The minimum atomic E-state index is 1.61. The van der Waals surface area contributed by atoms with E-state index < -0.39 is 0 Å². The third kappa shape index (κ3) is 9.09. The molecule has 4 heavy (non-hydrogen) atoms. The van der Waals surface area contributed by atoms with Crippen molar-refractivity contribution in [3.8, 4) is 0 Å². The van der Waals surface area contributed by atoms with Gasteiger partial charge in [0.15, 0.2) is 0 Å². The summed E-state index contributed by atoms with van der Waals surface area (Å²) in [5, 5.41) is 0. The fourth-order valence-corrected chi connectivity index (χ4v) is 0. The fourth-order valence-electron chi connectivity index (χ4n) is 0. The van der Waals surface area contributed by atoms with Crippen molar-refractivity contribution in [2.75, 3.05) is 0 Å². The van der Waals surface area contributed by atoms with Crippen molar-refractivity contribution in [3.05, 3.63) is 0 Å². The Bertz CT molecular complexity index is 6.00. The molecule has 0 aliphatic carbocycles. The molecule has 0 rings (SSSR count). The van der Waals surface area contributed by atoms with E-state index in [4.69, 9.17) is 0 Å². The first-order valence-electron chi connectivity index (χ1n) is 0.253. The van der Waals surface area contributed by atoms with E-state index in [1.807, 2.05) is 17.3 Å². The summed E-state index contributed by atoms with van der Waals surface area (Å²) in [6, 6.07) is 0. The number of rotatable bonds is 0. The van der Waals surface area contributed by atoms with Crippen molar-refractivity contribution in [2.24, 2.45) is 0 Å². The summed E-state index contributed by atoms with van der Waals surface area (Å²) < 4.78 is 0. The average Bonchev–Trinajstić information content (AvgIpc) is 1.50. The average molecular weight is 367 g/mol. The van der Waals surface area contributed by atoms with Crippen LogP contribution >= 0.6 is 19.1 Å². The summed E-state index contributed by atoms with van der Waals surface area (Å²) in [6.45, 7) is 0. The van der Waals surface area contributed by atoms with Gasteiger partial charge in [-0.2, -0.15) is 0 Å². The first-order valence-corrected chi connectivity index (χ1v) is 5.31. The summed E-state index contributed by atoms with van der Waals surface area (Å²) in [7, 11) is 9.18. The van der Waals surface area contributed by atoms with E-state index in [1.54, 1.807) is 18.8 Å². The van der Waals surface area contributed by atoms with E-state index in [9.17, 15) is 0 Å². The van der Waals surface area contributed by atoms with Gasteiger partial charge in [-0.3, -0.25) is 0 Å². The van der Waals surface area contributed by atoms with Crippen molar-refractivity contribution < 1.29 is 36.1 Å². The molecule has 0 saturated carbocycles. The Morgan fingerprint density at radius 1 is 1.25 bits per heavy atom. The maximum atomic E-state index is 4.61. The Hall–Kier alpha value is 1.89. The Morgan fingerprint density at radius 2 is 1.25 bits per heavy atom. The van der Waals surface area contributed by atoms with Gasteiger partial charge in [0.1, 0.15) is 0 Å². The molecule has 0 saturated heterocycles. The molecular weight excluding hydrogens is 367 g/mol. The zero-order valence-electron chi connectivity index (χ0n) is 1.43. The molecule has 0 atom stereocenters. The van der Waals surface area contributed by atoms with Crippen LogP contribution in [0.1, 0.15) is 0 Å². The van der Waals surface area contributed by atoms with Gasteiger partial charge in [-0.15, -0.1) is 0 Å². The molecule has 0 radical (unpaired) electrons. The van der Waals surface area contributed by atoms with Crippen LogP contribution in [-0.2, 0) is 36.1 Å². The molecule has 0 bridgehead atoms. The van der Waals surface area contributed by atoms with Gasteiger partial charge in [0, 0.05) is 0 Å². The van der Waals surface area contributed by atoms with E-state index in [0.717, 1.165) is 0 Å². The second-order valence-electron chi connectivity index (χ2n) is 0. The predicted molar refractivity (Wildman–Crippen MR) is 11.7 cm³/mol. The topological polar surface area (TPSA) is 0 Å². The summed E-state index contributed by atoms with van der Waals surface area (Å²) in [5.41, 5.74) is 0. The van der Waals surface area contributed by atoms with Gasteiger partial charge in [-0.05, 0) is 0 Å². The van der Waals surface area contributed by atoms with Gasteiger partial charge >= 0.3 is 55.2 Å². The Balaban J connectivity index is 0. The van der Waals surface area contributed by atoms with E-state index in [-0.39, 0.29) is 0 Å². The van der Waals surface area contributed by atoms with Crippen LogP contribution in [-0.4, -0.2) is 0 Å². The van der Waals surface area contributed by atoms with Gasteiger partial charge < -0.3 is 0 Å². The van der Waals surface area contributed by atoms with Crippen molar-refractivity contribution >= 4 is 19.1 Å². The van der Waals surface area contributed by atoms with Crippen LogP contribution in [0.25, 0.3) is 0 Å². The third-order valence-corrected chi connectivity index (χ3v) is 0.